The first-order valence-electron chi connectivity index (χ1n) is 3.50. The van der Waals surface area contributed by atoms with Gasteiger partial charge in [-0.05, 0) is 0 Å². The van der Waals surface area contributed by atoms with Gasteiger partial charge in [0.05, 0.1) is 0 Å². The number of phosphoric acid groups is 1. The van der Waals surface area contributed by atoms with E-state index in [1.807, 2.05) is 0 Å². The molecule has 13 heavy (non-hydrogen) atoms. The summed E-state index contributed by atoms with van der Waals surface area (Å²) in [5.41, 5.74) is 4.36. The Bertz CT molecular complexity index is 191. The van der Waals surface area contributed by atoms with E-state index in [1.54, 1.807) is 0 Å². The van der Waals surface area contributed by atoms with Gasteiger partial charge in [-0.2, -0.15) is 20.2 Å². The molecule has 0 heterocycles. The summed E-state index contributed by atoms with van der Waals surface area (Å²) in [6.07, 6.45) is 2.94. The molecule has 0 aliphatic rings. The standard InChI is InChI=1S/C6H13N2O4P/c1-3-5-7-11-13(9,10)12-8-6-4-2/h3-4,7-8H,1-2,5-6H2,(H,9,10). The first-order valence-corrected chi connectivity index (χ1v) is 4.99. The molecule has 0 bridgehead atoms. The Labute approximate surface area is 76.8 Å². The van der Waals surface area contributed by atoms with E-state index in [4.69, 9.17) is 4.89 Å². The summed E-state index contributed by atoms with van der Waals surface area (Å²) in [4.78, 5) is 8.89. The van der Waals surface area contributed by atoms with Crippen molar-refractivity contribution in [3.05, 3.63) is 25.3 Å². The van der Waals surface area contributed by atoms with Gasteiger partial charge in [-0.1, -0.05) is 12.2 Å². The molecule has 7 heteroatoms. The maximum Gasteiger partial charge on any atom is 0.505 e. The van der Waals surface area contributed by atoms with Crippen LogP contribution in [0.5, 0.6) is 0 Å². The molecule has 0 aromatic carbocycles. The van der Waals surface area contributed by atoms with Gasteiger partial charge in [-0.15, -0.1) is 13.2 Å². The molecular formula is C6H13N2O4P. The van der Waals surface area contributed by atoms with Crippen molar-refractivity contribution < 1.29 is 18.7 Å². The third-order valence-corrected chi connectivity index (χ3v) is 1.53. The van der Waals surface area contributed by atoms with Crippen LogP contribution in [0.2, 0.25) is 0 Å². The molecule has 0 aromatic heterocycles. The molecule has 0 rings (SSSR count). The Kier molecular flexibility index (Phi) is 6.70. The van der Waals surface area contributed by atoms with Gasteiger partial charge in [0.2, 0.25) is 0 Å². The van der Waals surface area contributed by atoms with Crippen molar-refractivity contribution in [2.45, 2.75) is 0 Å². The Morgan fingerprint density at radius 3 is 1.92 bits per heavy atom. The summed E-state index contributed by atoms with van der Waals surface area (Å²) in [7, 11) is -4.07. The van der Waals surface area contributed by atoms with Gasteiger partial charge < -0.3 is 4.89 Å². The maximum absolute atomic E-state index is 10.9. The summed E-state index contributed by atoms with van der Waals surface area (Å²) in [6.45, 7) is 7.24. The van der Waals surface area contributed by atoms with E-state index < -0.39 is 7.82 Å². The molecule has 6 nitrogen and oxygen atoms in total. The van der Waals surface area contributed by atoms with Crippen LogP contribution in [0.1, 0.15) is 0 Å². The van der Waals surface area contributed by atoms with Crippen molar-refractivity contribution in [1.82, 2.24) is 11.0 Å². The van der Waals surface area contributed by atoms with Gasteiger partial charge in [0, 0.05) is 13.1 Å². The summed E-state index contributed by atoms with van der Waals surface area (Å²) in [5, 5.41) is 0. The molecule has 3 N–H and O–H groups in total. The highest BCUT2D eigenvalue weighted by Crippen LogP contribution is 2.40. The van der Waals surface area contributed by atoms with Gasteiger partial charge in [0.25, 0.3) is 0 Å². The van der Waals surface area contributed by atoms with Crippen LogP contribution in [0.3, 0.4) is 0 Å². The average Bonchev–Trinajstić information content (AvgIpc) is 2.05. The number of nitrogens with one attached hydrogen (secondary N) is 2. The van der Waals surface area contributed by atoms with Crippen LogP contribution < -0.4 is 11.0 Å². The smallest absolute Gasteiger partial charge is 0.300 e. The Morgan fingerprint density at radius 1 is 1.23 bits per heavy atom. The molecule has 0 atom stereocenters. The second kappa shape index (κ2) is 6.97. The summed E-state index contributed by atoms with van der Waals surface area (Å²) >= 11 is 0. The van der Waals surface area contributed by atoms with Crippen LogP contribution in [0.25, 0.3) is 0 Å². The van der Waals surface area contributed by atoms with E-state index in [2.05, 4.69) is 33.4 Å². The SMILES string of the molecule is C=CCNOP(=O)(O)ONCC=C. The van der Waals surface area contributed by atoms with Gasteiger partial charge in [0.1, 0.15) is 0 Å². The zero-order chi connectivity index (χ0) is 10.2. The molecule has 0 radical (unpaired) electrons. The van der Waals surface area contributed by atoms with Crippen molar-refractivity contribution >= 4 is 7.82 Å². The van der Waals surface area contributed by atoms with Gasteiger partial charge >= 0.3 is 7.82 Å². The van der Waals surface area contributed by atoms with Crippen molar-refractivity contribution in [3.8, 4) is 0 Å². The van der Waals surface area contributed by atoms with Gasteiger partial charge in [-0.3, -0.25) is 0 Å². The monoisotopic (exact) mass is 208 g/mol. The van der Waals surface area contributed by atoms with Crippen molar-refractivity contribution in [2.24, 2.45) is 0 Å². The zero-order valence-corrected chi connectivity index (χ0v) is 8.00. The topological polar surface area (TPSA) is 79.8 Å². The zero-order valence-electron chi connectivity index (χ0n) is 7.10. The van der Waals surface area contributed by atoms with Crippen molar-refractivity contribution in [3.63, 3.8) is 0 Å². The fraction of sp³-hybridized carbons (Fsp3) is 0.333. The lowest BCUT2D eigenvalue weighted by atomic mass is 10.7. The van der Waals surface area contributed by atoms with E-state index in [-0.39, 0.29) is 13.1 Å². The van der Waals surface area contributed by atoms with E-state index >= 15 is 0 Å². The lowest BCUT2D eigenvalue weighted by Gasteiger charge is -2.10. The molecule has 0 spiro atoms. The van der Waals surface area contributed by atoms with E-state index in [0.717, 1.165) is 0 Å². The molecule has 0 aliphatic heterocycles. The normalized spacial score (nSPS) is 11.2. The Morgan fingerprint density at radius 2 is 1.62 bits per heavy atom. The minimum Gasteiger partial charge on any atom is -0.300 e. The number of rotatable bonds is 8. The molecule has 0 aromatic rings. The van der Waals surface area contributed by atoms with Crippen LogP contribution >= 0.6 is 7.82 Å². The third kappa shape index (κ3) is 7.86. The van der Waals surface area contributed by atoms with E-state index in [1.165, 1.54) is 12.2 Å². The summed E-state index contributed by atoms with van der Waals surface area (Å²) in [5.74, 6) is 0. The first-order chi connectivity index (χ1) is 6.12. The molecule has 0 unspecified atom stereocenters. The van der Waals surface area contributed by atoms with E-state index in [9.17, 15) is 4.57 Å². The Hall–Kier alpha value is -0.490. The highest BCUT2D eigenvalue weighted by Gasteiger charge is 2.20. The lowest BCUT2D eigenvalue weighted by molar-refractivity contribution is 0.0694. The molecule has 0 saturated carbocycles. The average molecular weight is 208 g/mol. The number of hydrogen-bond acceptors (Lipinski definition) is 5. The highest BCUT2D eigenvalue weighted by atomic mass is 31.2. The lowest BCUT2D eigenvalue weighted by Crippen LogP contribution is -2.18. The number of hydrogen-bond donors (Lipinski definition) is 3. The predicted molar refractivity (Wildman–Crippen MR) is 48.4 cm³/mol. The molecular weight excluding hydrogens is 195 g/mol. The van der Waals surface area contributed by atoms with Gasteiger partial charge in [0.15, 0.2) is 0 Å². The first kappa shape index (κ1) is 12.5. The fourth-order valence-electron chi connectivity index (χ4n) is 0.374. The molecule has 0 saturated heterocycles. The largest absolute Gasteiger partial charge is 0.505 e. The Balaban J connectivity index is 3.59. The van der Waals surface area contributed by atoms with Crippen LogP contribution in [-0.2, 0) is 13.8 Å². The number of hydroxylamine groups is 2. The van der Waals surface area contributed by atoms with Crippen LogP contribution in [0.4, 0.5) is 0 Å². The minimum atomic E-state index is -4.07. The molecule has 0 fully saturated rings. The maximum atomic E-state index is 10.9. The molecule has 0 amide bonds. The van der Waals surface area contributed by atoms with E-state index in [0.29, 0.717) is 0 Å². The van der Waals surface area contributed by atoms with Crippen LogP contribution in [0, 0.1) is 0 Å². The van der Waals surface area contributed by atoms with Gasteiger partial charge in [-0.25, -0.2) is 4.57 Å². The highest BCUT2D eigenvalue weighted by molar-refractivity contribution is 7.47. The third-order valence-electron chi connectivity index (χ3n) is 0.815. The molecule has 76 valence electrons. The van der Waals surface area contributed by atoms with Crippen LogP contribution in [0.15, 0.2) is 25.3 Å². The van der Waals surface area contributed by atoms with Crippen molar-refractivity contribution in [2.75, 3.05) is 13.1 Å². The minimum absolute atomic E-state index is 0.245. The molecule has 0 aliphatic carbocycles. The predicted octanol–water partition coefficient (Wildman–Crippen LogP) is 0.501. The van der Waals surface area contributed by atoms with Crippen molar-refractivity contribution in [1.29, 1.82) is 0 Å². The second-order valence-electron chi connectivity index (χ2n) is 1.93. The summed E-state index contributed by atoms with van der Waals surface area (Å²) < 4.78 is 19.5. The van der Waals surface area contributed by atoms with Crippen LogP contribution in [-0.4, -0.2) is 18.0 Å². The second-order valence-corrected chi connectivity index (χ2v) is 3.23. The summed E-state index contributed by atoms with van der Waals surface area (Å²) in [6, 6.07) is 0. The quantitative estimate of drug-likeness (QED) is 0.233. The fourth-order valence-corrected chi connectivity index (χ4v) is 0.887.